The van der Waals surface area contributed by atoms with Crippen molar-refractivity contribution in [3.63, 3.8) is 0 Å². The Morgan fingerprint density at radius 3 is 2.89 bits per heavy atom. The molecule has 0 saturated heterocycles. The van der Waals surface area contributed by atoms with Crippen molar-refractivity contribution in [1.29, 1.82) is 0 Å². The Kier molecular flexibility index (Phi) is 3.18. The normalized spacial score (nSPS) is 10.1. The number of benzene rings is 1. The van der Waals surface area contributed by atoms with Gasteiger partial charge in [0, 0.05) is 13.2 Å². The van der Waals surface area contributed by atoms with Crippen molar-refractivity contribution in [2.24, 2.45) is 7.05 Å². The van der Waals surface area contributed by atoms with Crippen LogP contribution >= 0.6 is 0 Å². The van der Waals surface area contributed by atoms with Crippen molar-refractivity contribution < 1.29 is 9.53 Å². The smallest absolute Gasteiger partial charge is 0.340 e. The molecule has 18 heavy (non-hydrogen) atoms. The summed E-state index contributed by atoms with van der Waals surface area (Å²) >= 11 is 0. The van der Waals surface area contributed by atoms with E-state index in [2.05, 4.69) is 15.2 Å². The highest BCUT2D eigenvalue weighted by atomic mass is 16.5. The summed E-state index contributed by atoms with van der Waals surface area (Å²) in [6.45, 7) is 0. The predicted molar refractivity (Wildman–Crippen MR) is 68.7 cm³/mol. The molecule has 0 amide bonds. The summed E-state index contributed by atoms with van der Waals surface area (Å²) in [5.41, 5.74) is 8.06. The number of hydrogen-bond acceptors (Lipinski definition) is 5. The van der Waals surface area contributed by atoms with Crippen LogP contribution < -0.4 is 11.1 Å². The number of methoxy groups -OCH3 is 1. The molecule has 1 aromatic carbocycles. The van der Waals surface area contributed by atoms with Crippen molar-refractivity contribution >= 4 is 23.0 Å². The van der Waals surface area contributed by atoms with Crippen molar-refractivity contribution in [1.82, 2.24) is 9.78 Å². The minimum atomic E-state index is -0.456. The van der Waals surface area contributed by atoms with Crippen LogP contribution in [0.1, 0.15) is 10.4 Å². The van der Waals surface area contributed by atoms with Crippen LogP contribution in [-0.4, -0.2) is 22.9 Å². The third-order valence-corrected chi connectivity index (χ3v) is 2.50. The zero-order valence-electron chi connectivity index (χ0n) is 10.2. The molecule has 0 atom stereocenters. The second-order valence-electron chi connectivity index (χ2n) is 3.79. The molecular weight excluding hydrogens is 232 g/mol. The average molecular weight is 246 g/mol. The molecule has 0 aliphatic heterocycles. The second kappa shape index (κ2) is 4.79. The summed E-state index contributed by atoms with van der Waals surface area (Å²) in [4.78, 5) is 11.5. The molecule has 1 aromatic heterocycles. The minimum Gasteiger partial charge on any atom is -0.465 e. The van der Waals surface area contributed by atoms with Gasteiger partial charge in [0.25, 0.3) is 0 Å². The van der Waals surface area contributed by atoms with Gasteiger partial charge in [0.15, 0.2) is 0 Å². The van der Waals surface area contributed by atoms with Gasteiger partial charge in [0.05, 0.1) is 35.9 Å². The van der Waals surface area contributed by atoms with Gasteiger partial charge >= 0.3 is 5.97 Å². The molecule has 1 heterocycles. The number of ether oxygens (including phenoxy) is 1. The van der Waals surface area contributed by atoms with E-state index >= 15 is 0 Å². The predicted octanol–water partition coefficient (Wildman–Crippen LogP) is 1.53. The molecule has 0 unspecified atom stereocenters. The average Bonchev–Trinajstić information content (AvgIpc) is 2.76. The maximum Gasteiger partial charge on any atom is 0.340 e. The largest absolute Gasteiger partial charge is 0.465 e. The topological polar surface area (TPSA) is 82.2 Å². The molecule has 2 rings (SSSR count). The second-order valence-corrected chi connectivity index (χ2v) is 3.79. The molecule has 2 aromatic rings. The SMILES string of the molecule is COC(=O)c1cccc(Nc2cnn(C)c2)c1N. The van der Waals surface area contributed by atoms with E-state index in [0.717, 1.165) is 5.69 Å². The van der Waals surface area contributed by atoms with Crippen molar-refractivity contribution in [3.8, 4) is 0 Å². The molecule has 6 nitrogen and oxygen atoms in total. The Balaban J connectivity index is 2.31. The first-order valence-electron chi connectivity index (χ1n) is 5.34. The van der Waals surface area contributed by atoms with E-state index < -0.39 is 5.97 Å². The van der Waals surface area contributed by atoms with Crippen LogP contribution in [0.5, 0.6) is 0 Å². The van der Waals surface area contributed by atoms with Crippen molar-refractivity contribution in [3.05, 3.63) is 36.2 Å². The number of nitrogen functional groups attached to an aromatic ring is 1. The van der Waals surface area contributed by atoms with Gasteiger partial charge in [-0.05, 0) is 12.1 Å². The molecule has 0 spiro atoms. The maximum atomic E-state index is 11.5. The molecule has 0 bridgehead atoms. The Bertz CT molecular complexity index is 577. The molecule has 0 aliphatic rings. The van der Waals surface area contributed by atoms with Crippen LogP contribution in [0.3, 0.4) is 0 Å². The van der Waals surface area contributed by atoms with Gasteiger partial charge in [-0.3, -0.25) is 4.68 Å². The lowest BCUT2D eigenvalue weighted by Crippen LogP contribution is -2.07. The quantitative estimate of drug-likeness (QED) is 0.634. The van der Waals surface area contributed by atoms with Crippen LogP contribution in [-0.2, 0) is 11.8 Å². The molecule has 6 heteroatoms. The molecule has 0 fully saturated rings. The molecule has 0 aliphatic carbocycles. The Morgan fingerprint density at radius 1 is 1.50 bits per heavy atom. The number of carbonyl (C=O) groups excluding carboxylic acids is 1. The van der Waals surface area contributed by atoms with Gasteiger partial charge in [-0.25, -0.2) is 4.79 Å². The summed E-state index contributed by atoms with van der Waals surface area (Å²) < 4.78 is 6.33. The number of anilines is 3. The lowest BCUT2D eigenvalue weighted by atomic mass is 10.1. The Labute approximate surface area is 104 Å². The molecule has 3 N–H and O–H groups in total. The van der Waals surface area contributed by atoms with Crippen molar-refractivity contribution in [2.75, 3.05) is 18.2 Å². The first kappa shape index (κ1) is 12.0. The van der Waals surface area contributed by atoms with Crippen LogP contribution in [0.25, 0.3) is 0 Å². The lowest BCUT2D eigenvalue weighted by Gasteiger charge is -2.10. The van der Waals surface area contributed by atoms with E-state index in [1.807, 2.05) is 13.2 Å². The van der Waals surface area contributed by atoms with Crippen LogP contribution in [0, 0.1) is 0 Å². The van der Waals surface area contributed by atoms with Gasteiger partial charge in [0.1, 0.15) is 0 Å². The zero-order valence-corrected chi connectivity index (χ0v) is 10.2. The first-order chi connectivity index (χ1) is 8.61. The highest BCUT2D eigenvalue weighted by Crippen LogP contribution is 2.26. The summed E-state index contributed by atoms with van der Waals surface area (Å²) in [6.07, 6.45) is 3.48. The van der Waals surface area contributed by atoms with E-state index in [9.17, 15) is 4.79 Å². The number of rotatable bonds is 3. The lowest BCUT2D eigenvalue weighted by molar-refractivity contribution is 0.0602. The number of nitrogens with one attached hydrogen (secondary N) is 1. The summed E-state index contributed by atoms with van der Waals surface area (Å²) in [7, 11) is 3.14. The fourth-order valence-electron chi connectivity index (χ4n) is 1.60. The van der Waals surface area contributed by atoms with Gasteiger partial charge in [-0.1, -0.05) is 6.07 Å². The van der Waals surface area contributed by atoms with E-state index in [1.54, 1.807) is 29.1 Å². The van der Waals surface area contributed by atoms with E-state index in [0.29, 0.717) is 16.9 Å². The first-order valence-corrected chi connectivity index (χ1v) is 5.34. The Hall–Kier alpha value is -2.50. The van der Waals surface area contributed by atoms with Gasteiger partial charge in [-0.15, -0.1) is 0 Å². The number of carbonyl (C=O) groups is 1. The third-order valence-electron chi connectivity index (χ3n) is 2.50. The minimum absolute atomic E-state index is 0.339. The number of nitrogens with two attached hydrogens (primary N) is 1. The Morgan fingerprint density at radius 2 is 2.28 bits per heavy atom. The highest BCUT2D eigenvalue weighted by molar-refractivity contribution is 5.98. The molecule has 0 radical (unpaired) electrons. The summed E-state index contributed by atoms with van der Waals surface area (Å²) in [6, 6.07) is 5.14. The fourth-order valence-corrected chi connectivity index (χ4v) is 1.60. The molecular formula is C12H14N4O2. The van der Waals surface area contributed by atoms with Crippen LogP contribution in [0.4, 0.5) is 17.1 Å². The number of hydrogen-bond donors (Lipinski definition) is 2. The standard InChI is InChI=1S/C12H14N4O2/c1-16-7-8(6-14-16)15-10-5-3-4-9(11(10)13)12(17)18-2/h3-7,15H,13H2,1-2H3. The fraction of sp³-hybridized carbons (Fsp3) is 0.167. The monoisotopic (exact) mass is 246 g/mol. The molecule has 0 saturated carbocycles. The van der Waals surface area contributed by atoms with Crippen LogP contribution in [0.2, 0.25) is 0 Å². The van der Waals surface area contributed by atoms with Gasteiger partial charge in [0.2, 0.25) is 0 Å². The van der Waals surface area contributed by atoms with Crippen molar-refractivity contribution in [2.45, 2.75) is 0 Å². The van der Waals surface area contributed by atoms with Gasteiger partial charge < -0.3 is 15.8 Å². The van der Waals surface area contributed by atoms with Crippen LogP contribution in [0.15, 0.2) is 30.6 Å². The number of nitrogens with zero attached hydrogens (tertiary/aromatic N) is 2. The summed E-state index contributed by atoms with van der Waals surface area (Å²) in [5, 5.41) is 7.13. The highest BCUT2D eigenvalue weighted by Gasteiger charge is 2.12. The zero-order chi connectivity index (χ0) is 13.1. The van der Waals surface area contributed by atoms with E-state index in [4.69, 9.17) is 5.73 Å². The third kappa shape index (κ3) is 2.27. The van der Waals surface area contributed by atoms with E-state index in [1.165, 1.54) is 7.11 Å². The number of aryl methyl sites for hydroxylation is 1. The number of esters is 1. The molecule has 94 valence electrons. The van der Waals surface area contributed by atoms with E-state index in [-0.39, 0.29) is 0 Å². The van der Waals surface area contributed by atoms with Gasteiger partial charge in [-0.2, -0.15) is 5.10 Å². The maximum absolute atomic E-state index is 11.5. The number of aromatic nitrogens is 2. The summed E-state index contributed by atoms with van der Waals surface area (Å²) in [5.74, 6) is -0.456. The number of para-hydroxylation sites is 1.